The molecule has 0 aromatic carbocycles. The highest BCUT2D eigenvalue weighted by atomic mass is 35.5. The summed E-state index contributed by atoms with van der Waals surface area (Å²) in [7, 11) is 1.26. The first-order valence-electron chi connectivity index (χ1n) is 4.16. The zero-order chi connectivity index (χ0) is 12.3. The first kappa shape index (κ1) is 12.6. The van der Waals surface area contributed by atoms with Crippen LogP contribution < -0.4 is 4.74 Å². The lowest BCUT2D eigenvalue weighted by molar-refractivity contribution is -0.145. The van der Waals surface area contributed by atoms with Crippen LogP contribution in [0.25, 0.3) is 0 Å². The number of hydrogen-bond acceptors (Lipinski definition) is 3. The molecule has 0 unspecified atom stereocenters. The van der Waals surface area contributed by atoms with Gasteiger partial charge in [0.1, 0.15) is 6.42 Å². The normalized spacial score (nSPS) is 11.2. The van der Waals surface area contributed by atoms with Gasteiger partial charge in [-0.05, 0) is 0 Å². The van der Waals surface area contributed by atoms with Crippen molar-refractivity contribution in [1.82, 2.24) is 4.98 Å². The molecule has 0 radical (unpaired) electrons. The molecule has 0 saturated carbocycles. The van der Waals surface area contributed by atoms with Gasteiger partial charge in [0.15, 0.2) is 0 Å². The number of carboxylic acid groups (broad SMARTS) is 1. The van der Waals surface area contributed by atoms with E-state index < -0.39 is 23.9 Å². The number of ether oxygens (including phenoxy) is 1. The van der Waals surface area contributed by atoms with Crippen molar-refractivity contribution in [1.29, 1.82) is 0 Å². The molecule has 88 valence electrons. The van der Waals surface area contributed by atoms with Crippen LogP contribution >= 0.6 is 11.6 Å². The van der Waals surface area contributed by atoms with Crippen molar-refractivity contribution in [3.63, 3.8) is 0 Å². The Morgan fingerprint density at radius 2 is 2.31 bits per heavy atom. The Balaban J connectivity index is 3.14. The van der Waals surface area contributed by atoms with Crippen LogP contribution in [0.15, 0.2) is 12.3 Å². The van der Waals surface area contributed by atoms with Crippen LogP contribution in [0.4, 0.5) is 8.78 Å². The fourth-order valence-electron chi connectivity index (χ4n) is 1.10. The maximum atomic E-state index is 13.4. The van der Waals surface area contributed by atoms with Gasteiger partial charge in [-0.1, -0.05) is 11.6 Å². The minimum absolute atomic E-state index is 0.0514. The molecule has 0 spiro atoms. The number of rotatable bonds is 4. The molecule has 0 aliphatic heterocycles. The highest BCUT2D eigenvalue weighted by Gasteiger charge is 2.37. The Morgan fingerprint density at radius 1 is 1.69 bits per heavy atom. The second-order valence-electron chi connectivity index (χ2n) is 2.98. The molecule has 1 aromatic rings. The largest absolute Gasteiger partial charge is 0.481 e. The molecular formula is C9H8ClF2NO3. The quantitative estimate of drug-likeness (QED) is 0.892. The standard InChI is InChI=1S/C9H8ClF2NO3/c1-16-7-2-5(6(10)4-13-7)9(11,12)3-8(14)15/h2,4H,3H2,1H3,(H,14,15). The zero-order valence-corrected chi connectivity index (χ0v) is 8.96. The van der Waals surface area contributed by atoms with Crippen molar-refractivity contribution in [3.8, 4) is 5.88 Å². The van der Waals surface area contributed by atoms with Gasteiger partial charge in [0.25, 0.3) is 5.92 Å². The van der Waals surface area contributed by atoms with E-state index in [1.54, 1.807) is 0 Å². The fraction of sp³-hybridized carbons (Fsp3) is 0.333. The summed E-state index contributed by atoms with van der Waals surface area (Å²) >= 11 is 5.53. The Kier molecular flexibility index (Phi) is 3.64. The molecule has 0 aliphatic rings. The molecule has 1 aromatic heterocycles. The van der Waals surface area contributed by atoms with Gasteiger partial charge < -0.3 is 9.84 Å². The van der Waals surface area contributed by atoms with Gasteiger partial charge in [0.05, 0.1) is 18.3 Å². The number of methoxy groups -OCH3 is 1. The monoisotopic (exact) mass is 251 g/mol. The molecule has 4 nitrogen and oxygen atoms in total. The zero-order valence-electron chi connectivity index (χ0n) is 8.21. The first-order chi connectivity index (χ1) is 7.36. The van der Waals surface area contributed by atoms with Gasteiger partial charge in [-0.15, -0.1) is 0 Å². The highest BCUT2D eigenvalue weighted by molar-refractivity contribution is 6.31. The highest BCUT2D eigenvalue weighted by Crippen LogP contribution is 2.37. The minimum Gasteiger partial charge on any atom is -0.481 e. The Morgan fingerprint density at radius 3 is 2.81 bits per heavy atom. The van der Waals surface area contributed by atoms with Gasteiger partial charge in [-0.25, -0.2) is 13.8 Å². The lowest BCUT2D eigenvalue weighted by atomic mass is 10.1. The summed E-state index contributed by atoms with van der Waals surface area (Å²) in [5.74, 6) is -5.22. The van der Waals surface area contributed by atoms with Crippen molar-refractivity contribution in [3.05, 3.63) is 22.8 Å². The summed E-state index contributed by atoms with van der Waals surface area (Å²) in [4.78, 5) is 13.9. The Hall–Kier alpha value is -1.43. The molecule has 0 bridgehead atoms. The second kappa shape index (κ2) is 4.61. The topological polar surface area (TPSA) is 59.4 Å². The number of carboxylic acids is 1. The summed E-state index contributed by atoms with van der Waals surface area (Å²) in [6, 6.07) is 0.922. The second-order valence-corrected chi connectivity index (χ2v) is 3.39. The van der Waals surface area contributed by atoms with Gasteiger partial charge in [-0.3, -0.25) is 4.79 Å². The molecule has 1 heterocycles. The van der Waals surface area contributed by atoms with Crippen molar-refractivity contribution < 1.29 is 23.4 Å². The number of hydrogen-bond donors (Lipinski definition) is 1. The third-order valence-electron chi connectivity index (χ3n) is 1.81. The lowest BCUT2D eigenvalue weighted by Crippen LogP contribution is -2.19. The van der Waals surface area contributed by atoms with E-state index in [2.05, 4.69) is 9.72 Å². The molecule has 1 N–H and O–H groups in total. The first-order valence-corrected chi connectivity index (χ1v) is 4.54. The molecule has 0 saturated heterocycles. The molecule has 0 aliphatic carbocycles. The number of alkyl halides is 2. The van der Waals surface area contributed by atoms with Crippen LogP contribution in [0.3, 0.4) is 0 Å². The number of aromatic nitrogens is 1. The average molecular weight is 252 g/mol. The number of aliphatic carboxylic acids is 1. The van der Waals surface area contributed by atoms with Crippen LogP contribution in [-0.4, -0.2) is 23.2 Å². The maximum absolute atomic E-state index is 13.4. The molecule has 7 heteroatoms. The van der Waals surface area contributed by atoms with E-state index in [0.29, 0.717) is 0 Å². The van der Waals surface area contributed by atoms with E-state index in [1.165, 1.54) is 7.11 Å². The number of carbonyl (C=O) groups is 1. The van der Waals surface area contributed by atoms with Gasteiger partial charge in [0, 0.05) is 11.6 Å². The lowest BCUT2D eigenvalue weighted by Gasteiger charge is -2.16. The van der Waals surface area contributed by atoms with E-state index in [4.69, 9.17) is 16.7 Å². The van der Waals surface area contributed by atoms with Crippen molar-refractivity contribution in [2.45, 2.75) is 12.3 Å². The van der Waals surface area contributed by atoms with E-state index in [1.807, 2.05) is 0 Å². The molecule has 0 atom stereocenters. The van der Waals surface area contributed by atoms with Gasteiger partial charge >= 0.3 is 5.97 Å². The Bertz CT molecular complexity index is 412. The van der Waals surface area contributed by atoms with E-state index in [9.17, 15) is 13.6 Å². The number of nitrogens with zero attached hydrogens (tertiary/aromatic N) is 1. The average Bonchev–Trinajstić information content (AvgIpc) is 2.16. The third-order valence-corrected chi connectivity index (χ3v) is 2.11. The summed E-state index contributed by atoms with van der Waals surface area (Å²) in [5, 5.41) is 8.06. The number of halogens is 3. The number of pyridine rings is 1. The Labute approximate surface area is 94.8 Å². The third kappa shape index (κ3) is 2.79. The SMILES string of the molecule is COc1cc(C(F)(F)CC(=O)O)c(Cl)cn1. The molecule has 1 rings (SSSR count). The van der Waals surface area contributed by atoms with Crippen molar-refractivity contribution in [2.24, 2.45) is 0 Å². The molecule has 0 amide bonds. The van der Waals surface area contributed by atoms with Crippen LogP contribution in [0.1, 0.15) is 12.0 Å². The van der Waals surface area contributed by atoms with Crippen LogP contribution in [0.5, 0.6) is 5.88 Å². The van der Waals surface area contributed by atoms with Crippen molar-refractivity contribution in [2.75, 3.05) is 7.11 Å². The molecular weight excluding hydrogens is 244 g/mol. The molecule has 16 heavy (non-hydrogen) atoms. The predicted octanol–water partition coefficient (Wildman–Crippen LogP) is 2.31. The van der Waals surface area contributed by atoms with Gasteiger partial charge in [-0.2, -0.15) is 0 Å². The van der Waals surface area contributed by atoms with E-state index in [0.717, 1.165) is 12.3 Å². The minimum atomic E-state index is -3.56. The molecule has 0 fully saturated rings. The van der Waals surface area contributed by atoms with Crippen LogP contribution in [0, 0.1) is 0 Å². The van der Waals surface area contributed by atoms with E-state index >= 15 is 0 Å². The van der Waals surface area contributed by atoms with Crippen molar-refractivity contribution >= 4 is 17.6 Å². The summed E-state index contributed by atoms with van der Waals surface area (Å²) in [6.07, 6.45) is -0.342. The fourth-order valence-corrected chi connectivity index (χ4v) is 1.34. The van der Waals surface area contributed by atoms with Crippen LogP contribution in [0.2, 0.25) is 5.02 Å². The predicted molar refractivity (Wildman–Crippen MR) is 51.9 cm³/mol. The summed E-state index contributed by atoms with van der Waals surface area (Å²) < 4.78 is 31.5. The maximum Gasteiger partial charge on any atom is 0.309 e. The van der Waals surface area contributed by atoms with Gasteiger partial charge in [0.2, 0.25) is 5.88 Å². The smallest absolute Gasteiger partial charge is 0.309 e. The summed E-state index contributed by atoms with van der Waals surface area (Å²) in [6.45, 7) is 0. The van der Waals surface area contributed by atoms with Crippen LogP contribution in [-0.2, 0) is 10.7 Å². The summed E-state index contributed by atoms with van der Waals surface area (Å²) in [5.41, 5.74) is -0.608. The van der Waals surface area contributed by atoms with E-state index in [-0.39, 0.29) is 10.9 Å².